The summed E-state index contributed by atoms with van der Waals surface area (Å²) in [6.07, 6.45) is 6.82. The molecule has 1 N–H and O–H groups in total. The highest BCUT2D eigenvalue weighted by atomic mass is 32.2. The zero-order valence-corrected chi connectivity index (χ0v) is 13.3. The van der Waals surface area contributed by atoms with Crippen LogP contribution < -0.4 is 9.46 Å². The third kappa shape index (κ3) is 5.63. The summed E-state index contributed by atoms with van der Waals surface area (Å²) in [4.78, 5) is 4.15. The van der Waals surface area contributed by atoms with E-state index in [1.807, 2.05) is 25.1 Å². The third-order valence-electron chi connectivity index (χ3n) is 3.71. The number of nitrogens with one attached hydrogen (secondary N) is 1. The second-order valence-corrected chi connectivity index (χ2v) is 7.42. The maximum atomic E-state index is 11.9. The van der Waals surface area contributed by atoms with Crippen LogP contribution in [-0.2, 0) is 10.0 Å². The summed E-state index contributed by atoms with van der Waals surface area (Å²) < 4.78 is 32.4. The number of rotatable bonds is 7. The Morgan fingerprint density at radius 3 is 2.67 bits per heavy atom. The van der Waals surface area contributed by atoms with Gasteiger partial charge in [-0.05, 0) is 38.2 Å². The summed E-state index contributed by atoms with van der Waals surface area (Å²) in [5.74, 6) is 0.873. The van der Waals surface area contributed by atoms with Crippen LogP contribution >= 0.6 is 0 Å². The molecule has 0 bridgehead atoms. The van der Waals surface area contributed by atoms with Gasteiger partial charge in [-0.3, -0.25) is 0 Å². The molecular formula is C15H24N2O3S. The topological polar surface area (TPSA) is 68.3 Å². The van der Waals surface area contributed by atoms with Gasteiger partial charge in [0, 0.05) is 18.3 Å². The van der Waals surface area contributed by atoms with Crippen LogP contribution in [0.15, 0.2) is 24.4 Å². The number of ether oxygens (including phenoxy) is 1. The molecule has 0 unspecified atom stereocenters. The Morgan fingerprint density at radius 1 is 1.29 bits per heavy atom. The molecule has 0 amide bonds. The lowest BCUT2D eigenvalue weighted by Gasteiger charge is -2.29. The van der Waals surface area contributed by atoms with E-state index < -0.39 is 10.0 Å². The maximum absolute atomic E-state index is 11.9. The first-order valence-electron chi connectivity index (χ1n) is 7.67. The lowest BCUT2D eigenvalue weighted by molar-refractivity contribution is 0.138. The van der Waals surface area contributed by atoms with Gasteiger partial charge >= 0.3 is 0 Å². The van der Waals surface area contributed by atoms with Crippen LogP contribution in [-0.4, -0.2) is 31.3 Å². The number of pyridine rings is 1. The largest absolute Gasteiger partial charge is 0.474 e. The molecule has 0 radical (unpaired) electrons. The minimum Gasteiger partial charge on any atom is -0.474 e. The van der Waals surface area contributed by atoms with E-state index in [9.17, 15) is 8.42 Å². The summed E-state index contributed by atoms with van der Waals surface area (Å²) in [5.41, 5.74) is 0. The lowest BCUT2D eigenvalue weighted by atomic mass is 9.94. The van der Waals surface area contributed by atoms with Crippen molar-refractivity contribution >= 4 is 10.0 Å². The molecule has 0 aliphatic heterocycles. The average molecular weight is 312 g/mol. The molecule has 0 spiro atoms. The second-order valence-electron chi connectivity index (χ2n) is 5.55. The first kappa shape index (κ1) is 16.2. The first-order chi connectivity index (χ1) is 10.1. The van der Waals surface area contributed by atoms with Gasteiger partial charge in [0.1, 0.15) is 6.10 Å². The molecule has 1 aromatic heterocycles. The molecule has 1 aliphatic carbocycles. The van der Waals surface area contributed by atoms with Crippen LogP contribution in [0.4, 0.5) is 0 Å². The van der Waals surface area contributed by atoms with Crippen molar-refractivity contribution in [1.29, 1.82) is 0 Å². The van der Waals surface area contributed by atoms with Crippen LogP contribution in [0.5, 0.6) is 5.88 Å². The molecule has 21 heavy (non-hydrogen) atoms. The molecule has 1 aliphatic rings. The van der Waals surface area contributed by atoms with Gasteiger partial charge in [0.2, 0.25) is 15.9 Å². The van der Waals surface area contributed by atoms with Crippen molar-refractivity contribution in [3.63, 3.8) is 0 Å². The fourth-order valence-corrected chi connectivity index (χ4v) is 4.06. The molecule has 0 saturated heterocycles. The Labute approximate surface area is 127 Å². The van der Waals surface area contributed by atoms with E-state index in [0.717, 1.165) is 32.1 Å². The van der Waals surface area contributed by atoms with E-state index in [4.69, 9.17) is 4.74 Å². The molecular weight excluding hydrogens is 288 g/mol. The number of hydrogen-bond acceptors (Lipinski definition) is 4. The summed E-state index contributed by atoms with van der Waals surface area (Å²) >= 11 is 0. The Bertz CT molecular complexity index is 511. The van der Waals surface area contributed by atoms with Crippen molar-refractivity contribution < 1.29 is 13.2 Å². The molecule has 1 fully saturated rings. The highest BCUT2D eigenvalue weighted by molar-refractivity contribution is 7.89. The maximum Gasteiger partial charge on any atom is 0.213 e. The van der Waals surface area contributed by atoms with Crippen LogP contribution in [0.1, 0.15) is 45.4 Å². The van der Waals surface area contributed by atoms with E-state index in [1.165, 1.54) is 0 Å². The predicted molar refractivity (Wildman–Crippen MR) is 82.7 cm³/mol. The summed E-state index contributed by atoms with van der Waals surface area (Å²) in [5, 5.41) is 0. The minimum atomic E-state index is -3.12. The van der Waals surface area contributed by atoms with Crippen molar-refractivity contribution in [2.24, 2.45) is 0 Å². The van der Waals surface area contributed by atoms with Gasteiger partial charge in [0.05, 0.1) is 5.75 Å². The number of aromatic nitrogens is 1. The van der Waals surface area contributed by atoms with Gasteiger partial charge in [-0.2, -0.15) is 0 Å². The van der Waals surface area contributed by atoms with Crippen LogP contribution in [0, 0.1) is 0 Å². The summed E-state index contributed by atoms with van der Waals surface area (Å²) in [7, 11) is -3.12. The molecule has 1 saturated carbocycles. The Kier molecular flexibility index (Phi) is 5.99. The van der Waals surface area contributed by atoms with Crippen LogP contribution in [0.25, 0.3) is 0 Å². The Hall–Kier alpha value is -1.14. The van der Waals surface area contributed by atoms with Gasteiger partial charge in [0.15, 0.2) is 0 Å². The number of nitrogens with zero attached hydrogens (tertiary/aromatic N) is 1. The van der Waals surface area contributed by atoms with Gasteiger partial charge in [0.25, 0.3) is 0 Å². The molecule has 0 aromatic carbocycles. The third-order valence-corrected chi connectivity index (χ3v) is 5.23. The first-order valence-corrected chi connectivity index (χ1v) is 9.32. The van der Waals surface area contributed by atoms with E-state index in [2.05, 4.69) is 9.71 Å². The lowest BCUT2D eigenvalue weighted by Crippen LogP contribution is -2.40. The smallest absolute Gasteiger partial charge is 0.213 e. The predicted octanol–water partition coefficient (Wildman–Crippen LogP) is 2.49. The number of sulfonamides is 1. The van der Waals surface area contributed by atoms with Gasteiger partial charge < -0.3 is 4.74 Å². The normalized spacial score (nSPS) is 22.9. The Morgan fingerprint density at radius 2 is 2.05 bits per heavy atom. The highest BCUT2D eigenvalue weighted by Crippen LogP contribution is 2.23. The van der Waals surface area contributed by atoms with Gasteiger partial charge in [-0.15, -0.1) is 0 Å². The van der Waals surface area contributed by atoms with Crippen molar-refractivity contribution in [2.45, 2.75) is 57.6 Å². The second kappa shape index (κ2) is 7.75. The molecule has 1 heterocycles. The van der Waals surface area contributed by atoms with Crippen molar-refractivity contribution in [2.75, 3.05) is 5.75 Å². The van der Waals surface area contributed by atoms with Crippen LogP contribution in [0.3, 0.4) is 0 Å². The highest BCUT2D eigenvalue weighted by Gasteiger charge is 2.25. The zero-order chi connectivity index (χ0) is 15.1. The van der Waals surface area contributed by atoms with E-state index in [1.54, 1.807) is 6.20 Å². The monoisotopic (exact) mass is 312 g/mol. The van der Waals surface area contributed by atoms with Crippen molar-refractivity contribution in [1.82, 2.24) is 9.71 Å². The molecule has 6 heteroatoms. The molecule has 0 atom stereocenters. The van der Waals surface area contributed by atoms with E-state index in [-0.39, 0.29) is 17.9 Å². The van der Waals surface area contributed by atoms with Crippen LogP contribution in [0.2, 0.25) is 0 Å². The molecule has 118 valence electrons. The fourth-order valence-electron chi connectivity index (χ4n) is 2.53. The molecule has 1 aromatic rings. The fraction of sp³-hybridized carbons (Fsp3) is 0.667. The number of unbranched alkanes of at least 4 members (excludes halogenated alkanes) is 1. The average Bonchev–Trinajstić information content (AvgIpc) is 2.48. The van der Waals surface area contributed by atoms with Crippen molar-refractivity contribution in [3.05, 3.63) is 24.4 Å². The van der Waals surface area contributed by atoms with E-state index >= 15 is 0 Å². The van der Waals surface area contributed by atoms with E-state index in [0.29, 0.717) is 12.3 Å². The summed E-state index contributed by atoms with van der Waals surface area (Å²) in [6, 6.07) is 5.65. The molecule has 2 rings (SSSR count). The summed E-state index contributed by atoms with van der Waals surface area (Å²) in [6.45, 7) is 2.00. The Balaban J connectivity index is 1.75. The zero-order valence-electron chi connectivity index (χ0n) is 12.5. The molecule has 5 nitrogen and oxygen atoms in total. The quantitative estimate of drug-likeness (QED) is 0.840. The SMILES string of the molecule is CCCCS(=O)(=O)NC1CCC(Oc2ccccn2)CC1. The minimum absolute atomic E-state index is 0.0513. The van der Waals surface area contributed by atoms with Crippen molar-refractivity contribution in [3.8, 4) is 5.88 Å². The standard InChI is InChI=1S/C15H24N2O3S/c1-2-3-12-21(18,19)17-13-7-9-14(10-8-13)20-15-6-4-5-11-16-15/h4-6,11,13-14,17H,2-3,7-10,12H2,1H3. The van der Waals surface area contributed by atoms with Gasteiger partial charge in [-0.25, -0.2) is 18.1 Å². The van der Waals surface area contributed by atoms with Gasteiger partial charge in [-0.1, -0.05) is 19.4 Å². The number of hydrogen-bond donors (Lipinski definition) is 1.